The summed E-state index contributed by atoms with van der Waals surface area (Å²) >= 11 is 0. The summed E-state index contributed by atoms with van der Waals surface area (Å²) in [5.41, 5.74) is 8.09. The van der Waals surface area contributed by atoms with E-state index in [9.17, 15) is 27.6 Å². The summed E-state index contributed by atoms with van der Waals surface area (Å²) in [5, 5.41) is 9.47. The van der Waals surface area contributed by atoms with Gasteiger partial charge in [-0.25, -0.2) is 9.59 Å². The number of benzene rings is 1. The van der Waals surface area contributed by atoms with E-state index in [0.717, 1.165) is 36.8 Å². The Hall–Kier alpha value is -3.15. The van der Waals surface area contributed by atoms with Crippen LogP contribution in [0.3, 0.4) is 0 Å². The molecule has 0 aliphatic carbocycles. The molecule has 1 unspecified atom stereocenters. The number of imidazole rings is 1. The Labute approximate surface area is 212 Å². The number of rotatable bonds is 11. The van der Waals surface area contributed by atoms with Crippen molar-refractivity contribution in [1.82, 2.24) is 14.5 Å². The maximum Gasteiger partial charge on any atom is 0.490 e. The first-order chi connectivity index (χ1) is 17.5. The molecule has 0 saturated carbocycles. The Bertz CT molecular complexity index is 1140. The van der Waals surface area contributed by atoms with E-state index >= 15 is 0 Å². The molecule has 1 aliphatic rings. The highest BCUT2D eigenvalue weighted by Gasteiger charge is 2.38. The number of aryl methyl sites for hydroxylation is 2. The molecule has 0 spiro atoms. The average Bonchev–Trinajstić information content (AvgIpc) is 3.07. The molecular formula is C25H35F3N4O5. The summed E-state index contributed by atoms with van der Waals surface area (Å²) in [5.74, 6) is -3.43. The van der Waals surface area contributed by atoms with Gasteiger partial charge < -0.3 is 10.8 Å². The second kappa shape index (κ2) is 14.0. The Morgan fingerprint density at radius 3 is 2.14 bits per heavy atom. The number of carbonyl (C=O) groups is 3. The van der Waals surface area contributed by atoms with E-state index in [1.54, 1.807) is 11.6 Å². The number of unbranched alkanes of at least 4 members (excludes halogenated alkanes) is 7. The lowest BCUT2D eigenvalue weighted by atomic mass is 10.0. The number of nitrogens with two attached hydrogens (primary N) is 1. The van der Waals surface area contributed by atoms with E-state index in [1.807, 2.05) is 6.07 Å². The van der Waals surface area contributed by atoms with E-state index < -0.39 is 24.1 Å². The highest BCUT2D eigenvalue weighted by atomic mass is 19.4. The molecule has 1 aromatic heterocycles. The summed E-state index contributed by atoms with van der Waals surface area (Å²) < 4.78 is 34.9. The summed E-state index contributed by atoms with van der Waals surface area (Å²) in [6.07, 6.45) is 6.37. The van der Waals surface area contributed by atoms with Gasteiger partial charge in [0.2, 0.25) is 11.8 Å². The number of alkyl halides is 3. The van der Waals surface area contributed by atoms with Crippen LogP contribution in [-0.2, 0) is 27.9 Å². The van der Waals surface area contributed by atoms with Crippen molar-refractivity contribution >= 4 is 28.8 Å². The molecule has 4 N–H and O–H groups in total. The lowest BCUT2D eigenvalue weighted by Gasteiger charge is -2.21. The Balaban J connectivity index is 0.000000604. The second-order valence-electron chi connectivity index (χ2n) is 9.17. The van der Waals surface area contributed by atoms with E-state index in [-0.39, 0.29) is 18.0 Å². The van der Waals surface area contributed by atoms with Gasteiger partial charge in [0, 0.05) is 13.5 Å². The van der Waals surface area contributed by atoms with Gasteiger partial charge in [-0.3, -0.25) is 24.0 Å². The Kier molecular flexibility index (Phi) is 11.4. The van der Waals surface area contributed by atoms with Crippen LogP contribution in [0.15, 0.2) is 23.0 Å². The zero-order valence-electron chi connectivity index (χ0n) is 21.0. The number of carboxylic acid groups (broad SMARTS) is 1. The first kappa shape index (κ1) is 30.1. The number of carbonyl (C=O) groups excluding carboxylic acids is 2. The topological polar surface area (TPSA) is 136 Å². The van der Waals surface area contributed by atoms with Crippen molar-refractivity contribution in [2.75, 3.05) is 6.54 Å². The minimum atomic E-state index is -5.08. The maximum absolute atomic E-state index is 12.8. The highest BCUT2D eigenvalue weighted by Crippen LogP contribution is 2.24. The summed E-state index contributed by atoms with van der Waals surface area (Å²) in [4.78, 5) is 45.4. The number of halogens is 3. The van der Waals surface area contributed by atoms with Crippen LogP contribution < -0.4 is 16.7 Å². The number of nitrogens with zero attached hydrogens (tertiary/aromatic N) is 2. The van der Waals surface area contributed by atoms with Crippen molar-refractivity contribution in [3.8, 4) is 0 Å². The number of imide groups is 1. The molecule has 1 aliphatic heterocycles. The fourth-order valence-electron chi connectivity index (χ4n) is 4.33. The number of aromatic nitrogens is 2. The first-order valence-corrected chi connectivity index (χ1v) is 12.5. The van der Waals surface area contributed by atoms with Crippen LogP contribution in [0.5, 0.6) is 0 Å². The standard InChI is InChI=1S/C23H34N4O3.C2HF3O2/c1-26-20-16-17(10-8-6-4-2-3-5-7-9-15-24)11-12-18(20)27(23(26)30)19-13-14-21(28)25-22(19)29;3-2(4,5)1(6)7/h11-12,16,19H,2-10,13-15,24H2,1H3,(H,25,28,29);(H,6,7). The van der Waals surface area contributed by atoms with E-state index in [4.69, 9.17) is 15.6 Å². The number of nitrogens with one attached hydrogen (secondary N) is 1. The minimum Gasteiger partial charge on any atom is -0.475 e. The van der Waals surface area contributed by atoms with E-state index in [1.165, 1.54) is 48.7 Å². The predicted octanol–water partition coefficient (Wildman–Crippen LogP) is 3.57. The van der Waals surface area contributed by atoms with Gasteiger partial charge in [-0.15, -0.1) is 0 Å². The zero-order valence-corrected chi connectivity index (χ0v) is 21.0. The molecular weight excluding hydrogens is 493 g/mol. The number of piperidine rings is 1. The number of amides is 2. The van der Waals surface area contributed by atoms with Crippen LogP contribution >= 0.6 is 0 Å². The first-order valence-electron chi connectivity index (χ1n) is 12.5. The van der Waals surface area contributed by atoms with Crippen LogP contribution in [0.1, 0.15) is 75.8 Å². The van der Waals surface area contributed by atoms with Crippen LogP contribution in [0.2, 0.25) is 0 Å². The van der Waals surface area contributed by atoms with Gasteiger partial charge in [-0.05, 0) is 49.9 Å². The van der Waals surface area contributed by atoms with Crippen LogP contribution in [0.4, 0.5) is 13.2 Å². The third-order valence-electron chi connectivity index (χ3n) is 6.34. The van der Waals surface area contributed by atoms with Gasteiger partial charge >= 0.3 is 17.8 Å². The minimum absolute atomic E-state index is 0.216. The Morgan fingerprint density at radius 2 is 1.59 bits per heavy atom. The molecule has 12 heteroatoms. The quantitative estimate of drug-likeness (QED) is 0.301. The number of carboxylic acids is 1. The number of aliphatic carboxylic acids is 1. The van der Waals surface area contributed by atoms with E-state index in [2.05, 4.69) is 17.4 Å². The molecule has 1 atom stereocenters. The van der Waals surface area contributed by atoms with Gasteiger partial charge in [0.1, 0.15) is 6.04 Å². The molecule has 206 valence electrons. The van der Waals surface area contributed by atoms with Gasteiger partial charge in [0.25, 0.3) is 0 Å². The Morgan fingerprint density at radius 1 is 1.03 bits per heavy atom. The largest absolute Gasteiger partial charge is 0.490 e. The van der Waals surface area contributed by atoms with Crippen LogP contribution in [-0.4, -0.2) is 44.7 Å². The van der Waals surface area contributed by atoms with Crippen molar-refractivity contribution in [3.63, 3.8) is 0 Å². The zero-order chi connectivity index (χ0) is 27.6. The van der Waals surface area contributed by atoms with Crippen molar-refractivity contribution in [2.45, 2.75) is 82.8 Å². The molecule has 0 radical (unpaired) electrons. The van der Waals surface area contributed by atoms with Crippen LogP contribution in [0, 0.1) is 0 Å². The lowest BCUT2D eigenvalue weighted by molar-refractivity contribution is -0.192. The molecule has 3 rings (SSSR count). The summed E-state index contributed by atoms with van der Waals surface area (Å²) in [6, 6.07) is 5.42. The highest BCUT2D eigenvalue weighted by molar-refractivity contribution is 6.00. The molecule has 2 amide bonds. The number of fused-ring (bicyclic) bond motifs is 1. The predicted molar refractivity (Wildman–Crippen MR) is 132 cm³/mol. The maximum atomic E-state index is 12.8. The molecule has 1 aromatic carbocycles. The van der Waals surface area contributed by atoms with Crippen LogP contribution in [0.25, 0.3) is 11.0 Å². The fourth-order valence-corrected chi connectivity index (χ4v) is 4.33. The van der Waals surface area contributed by atoms with Gasteiger partial charge in [0.15, 0.2) is 0 Å². The number of hydrogen-bond acceptors (Lipinski definition) is 5. The fraction of sp³-hybridized carbons (Fsp3) is 0.600. The van der Waals surface area contributed by atoms with Crippen molar-refractivity contribution in [2.24, 2.45) is 12.8 Å². The summed E-state index contributed by atoms with van der Waals surface area (Å²) in [6.45, 7) is 0.798. The average molecular weight is 529 g/mol. The normalized spacial score (nSPS) is 15.9. The third kappa shape index (κ3) is 8.73. The lowest BCUT2D eigenvalue weighted by Crippen LogP contribution is -2.44. The molecule has 2 aromatic rings. The monoisotopic (exact) mass is 528 g/mol. The number of hydrogen-bond donors (Lipinski definition) is 3. The molecule has 1 saturated heterocycles. The van der Waals surface area contributed by atoms with Gasteiger partial charge in [0.05, 0.1) is 11.0 Å². The molecule has 0 bridgehead atoms. The van der Waals surface area contributed by atoms with Gasteiger partial charge in [-0.1, -0.05) is 44.6 Å². The molecule has 37 heavy (non-hydrogen) atoms. The summed E-state index contributed by atoms with van der Waals surface area (Å²) in [7, 11) is 1.74. The van der Waals surface area contributed by atoms with Crippen molar-refractivity contribution in [3.05, 3.63) is 34.2 Å². The molecule has 1 fully saturated rings. The second-order valence-corrected chi connectivity index (χ2v) is 9.17. The smallest absolute Gasteiger partial charge is 0.475 e. The van der Waals surface area contributed by atoms with E-state index in [0.29, 0.717) is 6.42 Å². The SMILES string of the molecule is Cn1c(=O)n(C2CCC(=O)NC2=O)c2ccc(CCCCCCCCCCN)cc21.O=C(O)C(F)(F)F. The van der Waals surface area contributed by atoms with Crippen molar-refractivity contribution < 1.29 is 32.7 Å². The third-order valence-corrected chi connectivity index (χ3v) is 6.34. The molecule has 2 heterocycles. The van der Waals surface area contributed by atoms with Gasteiger partial charge in [-0.2, -0.15) is 13.2 Å². The van der Waals surface area contributed by atoms with Crippen molar-refractivity contribution in [1.29, 1.82) is 0 Å². The molecule has 9 nitrogen and oxygen atoms in total.